The SMILES string of the molecule is CCNc1ccc(C(=O)Nc2cc(OC)ccc2Cl)cc1. The minimum atomic E-state index is -0.215. The second-order valence-corrected chi connectivity index (χ2v) is 4.81. The minimum absolute atomic E-state index is 0.215. The Bertz CT molecular complexity index is 627. The van der Waals surface area contributed by atoms with E-state index in [1.165, 1.54) is 0 Å². The van der Waals surface area contributed by atoms with Crippen LogP contribution >= 0.6 is 11.6 Å². The van der Waals surface area contributed by atoms with Gasteiger partial charge >= 0.3 is 0 Å². The average Bonchev–Trinajstić information content (AvgIpc) is 2.50. The fourth-order valence-electron chi connectivity index (χ4n) is 1.87. The summed E-state index contributed by atoms with van der Waals surface area (Å²) >= 11 is 6.07. The van der Waals surface area contributed by atoms with Crippen molar-refractivity contribution in [1.82, 2.24) is 0 Å². The molecule has 0 aliphatic rings. The minimum Gasteiger partial charge on any atom is -0.497 e. The molecule has 4 nitrogen and oxygen atoms in total. The van der Waals surface area contributed by atoms with Crippen LogP contribution in [0.1, 0.15) is 17.3 Å². The maximum atomic E-state index is 12.2. The lowest BCUT2D eigenvalue weighted by Crippen LogP contribution is -2.12. The number of amides is 1. The van der Waals surface area contributed by atoms with E-state index in [1.54, 1.807) is 37.4 Å². The third-order valence-electron chi connectivity index (χ3n) is 2.95. The first-order chi connectivity index (χ1) is 10.1. The second-order valence-electron chi connectivity index (χ2n) is 4.41. The zero-order chi connectivity index (χ0) is 15.2. The maximum absolute atomic E-state index is 12.2. The summed E-state index contributed by atoms with van der Waals surface area (Å²) in [5.74, 6) is 0.422. The molecule has 0 heterocycles. The third-order valence-corrected chi connectivity index (χ3v) is 3.28. The predicted octanol–water partition coefficient (Wildman–Crippen LogP) is 4.03. The smallest absolute Gasteiger partial charge is 0.255 e. The maximum Gasteiger partial charge on any atom is 0.255 e. The molecule has 2 N–H and O–H groups in total. The van der Waals surface area contributed by atoms with Gasteiger partial charge in [-0.15, -0.1) is 0 Å². The molecule has 5 heteroatoms. The average molecular weight is 305 g/mol. The van der Waals surface area contributed by atoms with Crippen LogP contribution in [0.15, 0.2) is 42.5 Å². The van der Waals surface area contributed by atoms with Gasteiger partial charge in [0.15, 0.2) is 0 Å². The molecule has 0 unspecified atom stereocenters. The van der Waals surface area contributed by atoms with Crippen molar-refractivity contribution in [2.45, 2.75) is 6.92 Å². The summed E-state index contributed by atoms with van der Waals surface area (Å²) in [5, 5.41) is 6.43. The van der Waals surface area contributed by atoms with Crippen LogP contribution in [0.2, 0.25) is 5.02 Å². The predicted molar refractivity (Wildman–Crippen MR) is 86.6 cm³/mol. The fourth-order valence-corrected chi connectivity index (χ4v) is 2.03. The Hall–Kier alpha value is -2.20. The van der Waals surface area contributed by atoms with Crippen LogP contribution in [0.3, 0.4) is 0 Å². The van der Waals surface area contributed by atoms with E-state index < -0.39 is 0 Å². The van der Waals surface area contributed by atoms with Crippen molar-refractivity contribution in [2.75, 3.05) is 24.3 Å². The van der Waals surface area contributed by atoms with Gasteiger partial charge in [-0.2, -0.15) is 0 Å². The number of methoxy groups -OCH3 is 1. The molecule has 1 amide bonds. The van der Waals surface area contributed by atoms with Gasteiger partial charge in [-0.3, -0.25) is 4.79 Å². The number of carbonyl (C=O) groups is 1. The molecule has 0 saturated carbocycles. The van der Waals surface area contributed by atoms with Gasteiger partial charge in [0.25, 0.3) is 5.91 Å². The van der Waals surface area contributed by atoms with Gasteiger partial charge in [0.2, 0.25) is 0 Å². The Morgan fingerprint density at radius 3 is 2.52 bits per heavy atom. The van der Waals surface area contributed by atoms with Crippen molar-refractivity contribution in [2.24, 2.45) is 0 Å². The van der Waals surface area contributed by atoms with Crippen LogP contribution in [0.5, 0.6) is 5.75 Å². The molecule has 0 spiro atoms. The lowest BCUT2D eigenvalue weighted by Gasteiger charge is -2.10. The lowest BCUT2D eigenvalue weighted by atomic mass is 10.2. The van der Waals surface area contributed by atoms with E-state index in [4.69, 9.17) is 16.3 Å². The Morgan fingerprint density at radius 1 is 1.19 bits per heavy atom. The number of ether oxygens (including phenoxy) is 1. The van der Waals surface area contributed by atoms with Crippen LogP contribution in [-0.2, 0) is 0 Å². The summed E-state index contributed by atoms with van der Waals surface area (Å²) < 4.78 is 5.12. The normalized spacial score (nSPS) is 10.0. The van der Waals surface area contributed by atoms with E-state index in [-0.39, 0.29) is 5.91 Å². The molecular weight excluding hydrogens is 288 g/mol. The van der Waals surface area contributed by atoms with E-state index >= 15 is 0 Å². The Morgan fingerprint density at radius 2 is 1.90 bits per heavy atom. The zero-order valence-corrected chi connectivity index (χ0v) is 12.7. The van der Waals surface area contributed by atoms with Crippen molar-refractivity contribution in [3.05, 3.63) is 53.1 Å². The molecular formula is C16H17ClN2O2. The molecule has 2 rings (SSSR count). The number of hydrogen-bond donors (Lipinski definition) is 2. The Labute approximate surface area is 129 Å². The first-order valence-corrected chi connectivity index (χ1v) is 7.00. The van der Waals surface area contributed by atoms with Crippen molar-refractivity contribution in [3.63, 3.8) is 0 Å². The molecule has 21 heavy (non-hydrogen) atoms. The van der Waals surface area contributed by atoms with E-state index in [2.05, 4.69) is 10.6 Å². The zero-order valence-electron chi connectivity index (χ0n) is 11.9. The lowest BCUT2D eigenvalue weighted by molar-refractivity contribution is 0.102. The summed E-state index contributed by atoms with van der Waals surface area (Å²) in [6.45, 7) is 2.86. The molecule has 0 bridgehead atoms. The van der Waals surface area contributed by atoms with Gasteiger partial charge in [0, 0.05) is 23.9 Å². The monoisotopic (exact) mass is 304 g/mol. The first kappa shape index (κ1) is 15.2. The Balaban J connectivity index is 2.14. The first-order valence-electron chi connectivity index (χ1n) is 6.63. The number of carbonyl (C=O) groups excluding carboxylic acids is 1. The molecule has 110 valence electrons. The summed E-state index contributed by atoms with van der Waals surface area (Å²) in [5.41, 5.74) is 2.07. The highest BCUT2D eigenvalue weighted by atomic mass is 35.5. The summed E-state index contributed by atoms with van der Waals surface area (Å²) in [6.07, 6.45) is 0. The molecule has 0 radical (unpaired) electrons. The number of halogens is 1. The quantitative estimate of drug-likeness (QED) is 0.876. The van der Waals surface area contributed by atoms with Crippen LogP contribution in [0.4, 0.5) is 11.4 Å². The van der Waals surface area contributed by atoms with Gasteiger partial charge < -0.3 is 15.4 Å². The Kier molecular flexibility index (Phi) is 5.06. The number of rotatable bonds is 5. The van der Waals surface area contributed by atoms with Crippen LogP contribution in [0.25, 0.3) is 0 Å². The summed E-state index contributed by atoms with van der Waals surface area (Å²) in [6, 6.07) is 12.4. The van der Waals surface area contributed by atoms with E-state index in [0.717, 1.165) is 12.2 Å². The van der Waals surface area contributed by atoms with Crippen molar-refractivity contribution >= 4 is 28.9 Å². The topological polar surface area (TPSA) is 50.4 Å². The highest BCUT2D eigenvalue weighted by Crippen LogP contribution is 2.27. The van der Waals surface area contributed by atoms with Crippen LogP contribution in [0, 0.1) is 0 Å². The van der Waals surface area contributed by atoms with Gasteiger partial charge in [0.1, 0.15) is 5.75 Å². The van der Waals surface area contributed by atoms with Crippen LogP contribution in [-0.4, -0.2) is 19.6 Å². The second kappa shape index (κ2) is 6.99. The molecule has 0 aliphatic heterocycles. The molecule has 0 aliphatic carbocycles. The highest BCUT2D eigenvalue weighted by Gasteiger charge is 2.09. The van der Waals surface area contributed by atoms with Crippen LogP contribution < -0.4 is 15.4 Å². The molecule has 2 aromatic rings. The van der Waals surface area contributed by atoms with Crippen molar-refractivity contribution in [1.29, 1.82) is 0 Å². The molecule has 2 aromatic carbocycles. The van der Waals surface area contributed by atoms with E-state index in [0.29, 0.717) is 22.0 Å². The van der Waals surface area contributed by atoms with Gasteiger partial charge in [-0.05, 0) is 43.3 Å². The van der Waals surface area contributed by atoms with Gasteiger partial charge in [-0.25, -0.2) is 0 Å². The number of anilines is 2. The van der Waals surface area contributed by atoms with E-state index in [1.807, 2.05) is 19.1 Å². The number of nitrogens with one attached hydrogen (secondary N) is 2. The van der Waals surface area contributed by atoms with Gasteiger partial charge in [-0.1, -0.05) is 11.6 Å². The van der Waals surface area contributed by atoms with Crippen molar-refractivity contribution in [3.8, 4) is 5.75 Å². The molecule has 0 saturated heterocycles. The van der Waals surface area contributed by atoms with E-state index in [9.17, 15) is 4.79 Å². The van der Waals surface area contributed by atoms with Gasteiger partial charge in [0.05, 0.1) is 17.8 Å². The fraction of sp³-hybridized carbons (Fsp3) is 0.188. The van der Waals surface area contributed by atoms with Crippen molar-refractivity contribution < 1.29 is 9.53 Å². The summed E-state index contributed by atoms with van der Waals surface area (Å²) in [4.78, 5) is 12.2. The largest absolute Gasteiger partial charge is 0.497 e. The molecule has 0 aromatic heterocycles. The molecule has 0 fully saturated rings. The standard InChI is InChI=1S/C16H17ClN2O2/c1-3-18-12-6-4-11(5-7-12)16(20)19-15-10-13(21-2)8-9-14(15)17/h4-10,18H,3H2,1-2H3,(H,19,20). The summed E-state index contributed by atoms with van der Waals surface area (Å²) in [7, 11) is 1.56. The number of hydrogen-bond acceptors (Lipinski definition) is 3. The molecule has 0 atom stereocenters. The highest BCUT2D eigenvalue weighted by molar-refractivity contribution is 6.34. The third kappa shape index (κ3) is 3.89. The number of benzene rings is 2.